The van der Waals surface area contributed by atoms with Crippen LogP contribution >= 0.6 is 0 Å². The maximum absolute atomic E-state index is 14.4. The van der Waals surface area contributed by atoms with E-state index in [4.69, 9.17) is 4.74 Å². The van der Waals surface area contributed by atoms with Gasteiger partial charge in [0.15, 0.2) is 0 Å². The first-order valence-electron chi connectivity index (χ1n) is 12.0. The molecule has 1 aromatic heterocycles. The van der Waals surface area contributed by atoms with Crippen molar-refractivity contribution in [3.8, 4) is 5.75 Å². The van der Waals surface area contributed by atoms with Crippen molar-refractivity contribution in [1.29, 1.82) is 0 Å². The summed E-state index contributed by atoms with van der Waals surface area (Å²) in [5.41, 5.74) is 6.77. The summed E-state index contributed by atoms with van der Waals surface area (Å²) in [6.45, 7) is 4.61. The van der Waals surface area contributed by atoms with E-state index in [9.17, 15) is 9.18 Å². The number of ether oxygens (including phenoxy) is 1. The van der Waals surface area contributed by atoms with Crippen molar-refractivity contribution in [1.82, 2.24) is 9.88 Å². The molecule has 5 nitrogen and oxygen atoms in total. The van der Waals surface area contributed by atoms with Gasteiger partial charge in [-0.15, -0.1) is 0 Å². The van der Waals surface area contributed by atoms with Crippen LogP contribution in [0.25, 0.3) is 10.9 Å². The molecule has 2 N–H and O–H groups in total. The van der Waals surface area contributed by atoms with Crippen LogP contribution in [0.4, 0.5) is 14.9 Å². The Hall–Kier alpha value is -3.80. The molecule has 1 aliphatic heterocycles. The third-order valence-electron chi connectivity index (χ3n) is 7.37. The van der Waals surface area contributed by atoms with Crippen molar-refractivity contribution in [3.63, 3.8) is 0 Å². The summed E-state index contributed by atoms with van der Waals surface area (Å²) >= 11 is 0. The molecule has 35 heavy (non-hydrogen) atoms. The number of amides is 2. The maximum Gasteiger partial charge on any atom is 0.322 e. The minimum absolute atomic E-state index is 0.108. The topological polar surface area (TPSA) is 57.4 Å². The zero-order valence-electron chi connectivity index (χ0n) is 20.1. The van der Waals surface area contributed by atoms with Gasteiger partial charge in [-0.05, 0) is 91.4 Å². The van der Waals surface area contributed by atoms with E-state index < -0.39 is 6.04 Å². The van der Waals surface area contributed by atoms with E-state index >= 15 is 0 Å². The molecule has 0 bridgehead atoms. The average molecular weight is 470 g/mol. The van der Waals surface area contributed by atoms with Gasteiger partial charge < -0.3 is 19.9 Å². The van der Waals surface area contributed by atoms with Gasteiger partial charge in [0.05, 0.1) is 13.2 Å². The van der Waals surface area contributed by atoms with Crippen LogP contribution < -0.4 is 10.1 Å². The molecule has 0 saturated heterocycles. The van der Waals surface area contributed by atoms with Crippen molar-refractivity contribution in [3.05, 3.63) is 94.4 Å². The van der Waals surface area contributed by atoms with Gasteiger partial charge in [-0.25, -0.2) is 9.18 Å². The molecule has 0 radical (unpaired) electrons. The van der Waals surface area contributed by atoms with E-state index in [1.54, 1.807) is 13.2 Å². The second-order valence-corrected chi connectivity index (χ2v) is 10.00. The van der Waals surface area contributed by atoms with Crippen LogP contribution in [0.2, 0.25) is 0 Å². The van der Waals surface area contributed by atoms with E-state index in [-0.39, 0.29) is 17.3 Å². The highest BCUT2D eigenvalue weighted by Crippen LogP contribution is 2.58. The molecule has 1 unspecified atom stereocenters. The fourth-order valence-electron chi connectivity index (χ4n) is 5.76. The Bertz CT molecular complexity index is 1450. The molecule has 1 aliphatic carbocycles. The monoisotopic (exact) mass is 469 g/mol. The second-order valence-electron chi connectivity index (χ2n) is 10.00. The quantitative estimate of drug-likeness (QED) is 0.355. The third kappa shape index (κ3) is 3.64. The number of nitrogens with zero attached hydrogens (tertiary/aromatic N) is 1. The van der Waals surface area contributed by atoms with Crippen molar-refractivity contribution in [2.45, 2.75) is 38.1 Å². The van der Waals surface area contributed by atoms with Gasteiger partial charge in [0.1, 0.15) is 11.6 Å². The average Bonchev–Trinajstić information content (AvgIpc) is 3.47. The number of rotatable bonds is 3. The lowest BCUT2D eigenvalue weighted by Gasteiger charge is -2.40. The van der Waals surface area contributed by atoms with Crippen LogP contribution in [-0.4, -0.2) is 29.6 Å². The molecule has 2 aliphatic rings. The second kappa shape index (κ2) is 7.87. The zero-order chi connectivity index (χ0) is 24.3. The molecule has 6 heteroatoms. The lowest BCUT2D eigenvalue weighted by molar-refractivity contribution is 0.181. The highest BCUT2D eigenvalue weighted by atomic mass is 19.1. The number of fused-ring (bicyclic) bond motifs is 4. The minimum atomic E-state index is -0.434. The maximum atomic E-state index is 14.4. The molecule has 2 heterocycles. The number of benzene rings is 3. The SMILES string of the molecule is COc1ccc2[nH]c3c(c2c1)C1(CC1)CN(C(=O)Nc1cc(C)cc(C)c1)C3c1cccc(F)c1. The Kier molecular flexibility index (Phi) is 4.88. The first-order valence-corrected chi connectivity index (χ1v) is 12.0. The van der Waals surface area contributed by atoms with Gasteiger partial charge in [0, 0.05) is 34.2 Å². The molecular formula is C29H28FN3O2. The van der Waals surface area contributed by atoms with Crippen molar-refractivity contribution < 1.29 is 13.9 Å². The molecule has 3 aromatic carbocycles. The number of anilines is 1. The normalized spacial score (nSPS) is 17.9. The van der Waals surface area contributed by atoms with Crippen LogP contribution in [0.5, 0.6) is 5.75 Å². The van der Waals surface area contributed by atoms with Crippen LogP contribution in [0.1, 0.15) is 46.8 Å². The number of aromatic nitrogens is 1. The van der Waals surface area contributed by atoms with Gasteiger partial charge in [-0.3, -0.25) is 0 Å². The van der Waals surface area contributed by atoms with Gasteiger partial charge >= 0.3 is 6.03 Å². The summed E-state index contributed by atoms with van der Waals surface area (Å²) in [5, 5.41) is 4.23. The number of carbonyl (C=O) groups excluding carboxylic acids is 1. The summed E-state index contributed by atoms with van der Waals surface area (Å²) in [5.74, 6) is 0.482. The number of aromatic amines is 1. The van der Waals surface area contributed by atoms with E-state index in [0.717, 1.165) is 57.6 Å². The largest absolute Gasteiger partial charge is 0.497 e. The van der Waals surface area contributed by atoms with Gasteiger partial charge in [-0.2, -0.15) is 0 Å². The number of hydrogen-bond acceptors (Lipinski definition) is 2. The number of nitrogens with one attached hydrogen (secondary N) is 2. The highest BCUT2D eigenvalue weighted by Gasteiger charge is 2.54. The summed E-state index contributed by atoms with van der Waals surface area (Å²) < 4.78 is 19.9. The molecule has 2 amide bonds. The predicted molar refractivity (Wildman–Crippen MR) is 136 cm³/mol. The Balaban J connectivity index is 1.50. The lowest BCUT2D eigenvalue weighted by Crippen LogP contribution is -2.47. The summed E-state index contributed by atoms with van der Waals surface area (Å²) in [6, 6.07) is 18.0. The molecule has 1 saturated carbocycles. The molecular weight excluding hydrogens is 441 g/mol. The molecule has 178 valence electrons. The molecule has 6 rings (SSSR count). The van der Waals surface area contributed by atoms with Crippen LogP contribution in [0, 0.1) is 19.7 Å². The van der Waals surface area contributed by atoms with Crippen LogP contribution in [0.3, 0.4) is 0 Å². The van der Waals surface area contributed by atoms with Gasteiger partial charge in [-0.1, -0.05) is 18.2 Å². The van der Waals surface area contributed by atoms with E-state index in [1.165, 1.54) is 17.7 Å². The van der Waals surface area contributed by atoms with E-state index in [1.807, 2.05) is 49.1 Å². The van der Waals surface area contributed by atoms with E-state index in [0.29, 0.717) is 6.54 Å². The molecule has 1 atom stereocenters. The van der Waals surface area contributed by atoms with Crippen LogP contribution in [0.15, 0.2) is 60.7 Å². The van der Waals surface area contributed by atoms with Gasteiger partial charge in [0.2, 0.25) is 0 Å². The Morgan fingerprint density at radius 1 is 1.09 bits per heavy atom. The fourth-order valence-corrected chi connectivity index (χ4v) is 5.76. The molecule has 4 aromatic rings. The zero-order valence-corrected chi connectivity index (χ0v) is 20.1. The first kappa shape index (κ1) is 21.7. The number of aryl methyl sites for hydroxylation is 2. The Morgan fingerprint density at radius 3 is 2.54 bits per heavy atom. The molecule has 1 fully saturated rings. The van der Waals surface area contributed by atoms with Crippen molar-refractivity contribution >= 4 is 22.6 Å². The number of carbonyl (C=O) groups is 1. The van der Waals surface area contributed by atoms with Gasteiger partial charge in [0.25, 0.3) is 0 Å². The number of methoxy groups -OCH3 is 1. The Morgan fingerprint density at radius 2 is 1.86 bits per heavy atom. The minimum Gasteiger partial charge on any atom is -0.497 e. The van der Waals surface area contributed by atoms with Crippen LogP contribution in [-0.2, 0) is 5.41 Å². The summed E-state index contributed by atoms with van der Waals surface area (Å²) in [4.78, 5) is 19.3. The fraction of sp³-hybridized carbons (Fsp3) is 0.276. The molecule has 1 spiro atoms. The predicted octanol–water partition coefficient (Wildman–Crippen LogP) is 6.60. The van der Waals surface area contributed by atoms with Crippen molar-refractivity contribution in [2.24, 2.45) is 0 Å². The number of halogens is 1. The third-order valence-corrected chi connectivity index (χ3v) is 7.37. The number of urea groups is 1. The van der Waals surface area contributed by atoms with E-state index in [2.05, 4.69) is 22.4 Å². The number of hydrogen-bond donors (Lipinski definition) is 2. The number of H-pyrrole nitrogens is 1. The summed E-state index contributed by atoms with van der Waals surface area (Å²) in [6.07, 6.45) is 2.01. The lowest BCUT2D eigenvalue weighted by atomic mass is 9.83. The van der Waals surface area contributed by atoms with Crippen molar-refractivity contribution in [2.75, 3.05) is 19.0 Å². The smallest absolute Gasteiger partial charge is 0.322 e. The first-order chi connectivity index (χ1) is 16.9. The standard InChI is InChI=1S/C29H28FN3O2/c1-17-11-18(2)13-21(12-17)31-28(34)33-16-29(9-10-29)25-23-15-22(35-3)7-8-24(23)32-26(25)27(33)19-5-4-6-20(30)14-19/h4-8,11-15,27,32H,9-10,16H2,1-3H3,(H,31,34). The highest BCUT2D eigenvalue weighted by molar-refractivity contribution is 5.93. The summed E-state index contributed by atoms with van der Waals surface area (Å²) in [7, 11) is 1.67. The Labute approximate surface area is 203 Å².